The van der Waals surface area contributed by atoms with Crippen LogP contribution in [0.2, 0.25) is 0 Å². The Morgan fingerprint density at radius 3 is 2.76 bits per heavy atom. The van der Waals surface area contributed by atoms with E-state index in [4.69, 9.17) is 5.84 Å². The molecule has 0 aliphatic carbocycles. The van der Waals surface area contributed by atoms with E-state index in [0.717, 1.165) is 23.2 Å². The monoisotopic (exact) mass is 298 g/mol. The van der Waals surface area contributed by atoms with Crippen LogP contribution < -0.4 is 11.3 Å². The first-order valence-corrected chi connectivity index (χ1v) is 7.15. The molecule has 2 atom stereocenters. The topological polar surface area (TPSA) is 38.0 Å². The highest BCUT2D eigenvalue weighted by Gasteiger charge is 2.12. The highest BCUT2D eigenvalue weighted by Crippen LogP contribution is 2.17. The number of halogens is 1. The average molecular weight is 299 g/mol. The molecule has 0 saturated carbocycles. The van der Waals surface area contributed by atoms with Gasteiger partial charge in [-0.05, 0) is 36.5 Å². The van der Waals surface area contributed by atoms with Crippen molar-refractivity contribution in [2.75, 3.05) is 0 Å². The summed E-state index contributed by atoms with van der Waals surface area (Å²) in [7, 11) is 0. The standard InChI is InChI=1S/C14H23BrN2/c1-3-5-11(2)8-14(17-16)10-12-6-4-7-13(15)9-12/h4,6-7,9,11,14,17H,3,5,8,10,16H2,1-2H3. The van der Waals surface area contributed by atoms with Crippen molar-refractivity contribution in [3.8, 4) is 0 Å². The second-order valence-corrected chi connectivity index (χ2v) is 5.74. The van der Waals surface area contributed by atoms with Gasteiger partial charge in [0, 0.05) is 10.5 Å². The minimum Gasteiger partial charge on any atom is -0.271 e. The van der Waals surface area contributed by atoms with Crippen LogP contribution in [-0.2, 0) is 6.42 Å². The van der Waals surface area contributed by atoms with E-state index in [1.54, 1.807) is 0 Å². The first-order chi connectivity index (χ1) is 8.15. The van der Waals surface area contributed by atoms with Crippen LogP contribution in [0.15, 0.2) is 28.7 Å². The third kappa shape index (κ3) is 5.66. The number of benzene rings is 1. The number of hydrogen-bond donors (Lipinski definition) is 2. The number of rotatable bonds is 7. The summed E-state index contributed by atoms with van der Waals surface area (Å²) in [6.07, 6.45) is 4.65. The zero-order chi connectivity index (χ0) is 12.7. The first kappa shape index (κ1) is 14.7. The predicted octanol–water partition coefficient (Wildman–Crippen LogP) is 3.65. The lowest BCUT2D eigenvalue weighted by molar-refractivity contribution is 0.385. The molecule has 1 aromatic rings. The highest BCUT2D eigenvalue weighted by atomic mass is 79.9. The van der Waals surface area contributed by atoms with Gasteiger partial charge < -0.3 is 0 Å². The van der Waals surface area contributed by atoms with Crippen molar-refractivity contribution < 1.29 is 0 Å². The van der Waals surface area contributed by atoms with Crippen molar-refractivity contribution in [1.82, 2.24) is 5.43 Å². The highest BCUT2D eigenvalue weighted by molar-refractivity contribution is 9.10. The normalized spacial score (nSPS) is 14.6. The van der Waals surface area contributed by atoms with Gasteiger partial charge >= 0.3 is 0 Å². The predicted molar refractivity (Wildman–Crippen MR) is 77.6 cm³/mol. The minimum atomic E-state index is 0.367. The zero-order valence-corrected chi connectivity index (χ0v) is 12.3. The van der Waals surface area contributed by atoms with Crippen LogP contribution in [0.1, 0.15) is 38.7 Å². The summed E-state index contributed by atoms with van der Waals surface area (Å²) in [5.74, 6) is 6.37. The van der Waals surface area contributed by atoms with Gasteiger partial charge in [-0.25, -0.2) is 0 Å². The molecular formula is C14H23BrN2. The summed E-state index contributed by atoms with van der Waals surface area (Å²) >= 11 is 3.50. The Bertz CT molecular complexity index is 328. The molecule has 96 valence electrons. The lowest BCUT2D eigenvalue weighted by Gasteiger charge is -2.20. The van der Waals surface area contributed by atoms with Gasteiger partial charge in [0.15, 0.2) is 0 Å². The van der Waals surface area contributed by atoms with Gasteiger partial charge in [-0.15, -0.1) is 0 Å². The molecule has 0 amide bonds. The molecule has 3 heteroatoms. The van der Waals surface area contributed by atoms with Gasteiger partial charge in [0.1, 0.15) is 0 Å². The SMILES string of the molecule is CCCC(C)CC(Cc1cccc(Br)c1)NN. The van der Waals surface area contributed by atoms with E-state index >= 15 is 0 Å². The maximum atomic E-state index is 5.64. The van der Waals surface area contributed by atoms with Crippen LogP contribution in [0.25, 0.3) is 0 Å². The summed E-state index contributed by atoms with van der Waals surface area (Å²) in [6.45, 7) is 4.53. The molecule has 0 spiro atoms. The van der Waals surface area contributed by atoms with E-state index < -0.39 is 0 Å². The smallest absolute Gasteiger partial charge is 0.0253 e. The van der Waals surface area contributed by atoms with Crippen molar-refractivity contribution >= 4 is 15.9 Å². The molecule has 0 aliphatic heterocycles. The van der Waals surface area contributed by atoms with Crippen LogP contribution in [0.3, 0.4) is 0 Å². The number of hydrogen-bond acceptors (Lipinski definition) is 2. The van der Waals surface area contributed by atoms with Gasteiger partial charge in [-0.1, -0.05) is 54.8 Å². The Morgan fingerprint density at radius 2 is 2.18 bits per heavy atom. The minimum absolute atomic E-state index is 0.367. The maximum Gasteiger partial charge on any atom is 0.0253 e. The largest absolute Gasteiger partial charge is 0.271 e. The van der Waals surface area contributed by atoms with Gasteiger partial charge in [0.05, 0.1) is 0 Å². The Labute approximate surface area is 113 Å². The molecule has 0 bridgehead atoms. The van der Waals surface area contributed by atoms with E-state index in [0.29, 0.717) is 6.04 Å². The van der Waals surface area contributed by atoms with Crippen LogP contribution >= 0.6 is 15.9 Å². The van der Waals surface area contributed by atoms with Gasteiger partial charge in [0.2, 0.25) is 0 Å². The molecule has 0 heterocycles. The van der Waals surface area contributed by atoms with Crippen molar-refractivity contribution in [1.29, 1.82) is 0 Å². The molecule has 2 nitrogen and oxygen atoms in total. The molecule has 0 fully saturated rings. The Hall–Kier alpha value is -0.380. The number of nitrogens with two attached hydrogens (primary N) is 1. The molecule has 0 saturated heterocycles. The molecule has 0 aliphatic rings. The van der Waals surface area contributed by atoms with Crippen molar-refractivity contribution in [3.05, 3.63) is 34.3 Å². The first-order valence-electron chi connectivity index (χ1n) is 6.36. The van der Waals surface area contributed by atoms with E-state index in [9.17, 15) is 0 Å². The van der Waals surface area contributed by atoms with Crippen LogP contribution in [0.5, 0.6) is 0 Å². The summed E-state index contributed by atoms with van der Waals surface area (Å²) < 4.78 is 1.13. The number of nitrogens with one attached hydrogen (secondary N) is 1. The molecule has 0 aromatic heterocycles. The second-order valence-electron chi connectivity index (χ2n) is 4.83. The number of hydrazine groups is 1. The molecular weight excluding hydrogens is 276 g/mol. The zero-order valence-electron chi connectivity index (χ0n) is 10.7. The fourth-order valence-electron chi connectivity index (χ4n) is 2.26. The Kier molecular flexibility index (Phi) is 6.78. The fraction of sp³-hybridized carbons (Fsp3) is 0.571. The Balaban J connectivity index is 2.51. The van der Waals surface area contributed by atoms with Crippen molar-refractivity contribution in [2.24, 2.45) is 11.8 Å². The lowest BCUT2D eigenvalue weighted by atomic mass is 9.94. The summed E-state index contributed by atoms with van der Waals surface area (Å²) in [5, 5.41) is 0. The summed E-state index contributed by atoms with van der Waals surface area (Å²) in [5.41, 5.74) is 4.27. The van der Waals surface area contributed by atoms with Crippen LogP contribution in [-0.4, -0.2) is 6.04 Å². The third-order valence-electron chi connectivity index (χ3n) is 3.08. The van der Waals surface area contributed by atoms with Crippen molar-refractivity contribution in [2.45, 2.75) is 45.6 Å². The van der Waals surface area contributed by atoms with E-state index in [2.05, 4.69) is 53.4 Å². The van der Waals surface area contributed by atoms with Gasteiger partial charge in [-0.2, -0.15) is 0 Å². The maximum absolute atomic E-state index is 5.64. The summed E-state index contributed by atoms with van der Waals surface area (Å²) in [4.78, 5) is 0. The van der Waals surface area contributed by atoms with E-state index in [1.807, 2.05) is 6.07 Å². The van der Waals surface area contributed by atoms with Crippen LogP contribution in [0, 0.1) is 5.92 Å². The summed E-state index contributed by atoms with van der Waals surface area (Å²) in [6, 6.07) is 8.80. The molecule has 2 unspecified atom stereocenters. The average Bonchev–Trinajstić information content (AvgIpc) is 2.28. The molecule has 3 N–H and O–H groups in total. The molecule has 17 heavy (non-hydrogen) atoms. The Morgan fingerprint density at radius 1 is 1.41 bits per heavy atom. The lowest BCUT2D eigenvalue weighted by Crippen LogP contribution is -2.38. The fourth-order valence-corrected chi connectivity index (χ4v) is 2.70. The van der Waals surface area contributed by atoms with E-state index in [-0.39, 0.29) is 0 Å². The van der Waals surface area contributed by atoms with Gasteiger partial charge in [-0.3, -0.25) is 11.3 Å². The van der Waals surface area contributed by atoms with Crippen LogP contribution in [0.4, 0.5) is 0 Å². The molecule has 1 rings (SSSR count). The van der Waals surface area contributed by atoms with Gasteiger partial charge in [0.25, 0.3) is 0 Å². The molecule has 0 radical (unpaired) electrons. The third-order valence-corrected chi connectivity index (χ3v) is 3.57. The van der Waals surface area contributed by atoms with Crippen molar-refractivity contribution in [3.63, 3.8) is 0 Å². The van der Waals surface area contributed by atoms with E-state index in [1.165, 1.54) is 18.4 Å². The quantitative estimate of drug-likeness (QED) is 0.596. The second kappa shape index (κ2) is 7.85. The molecule has 1 aromatic carbocycles.